The Morgan fingerprint density at radius 3 is 2.64 bits per heavy atom. The number of carbonyl (C=O) groups is 1. The highest BCUT2D eigenvalue weighted by Gasteiger charge is 2.19. The normalized spacial score (nSPS) is 10.7. The van der Waals surface area contributed by atoms with Crippen molar-refractivity contribution in [3.63, 3.8) is 0 Å². The Morgan fingerprint density at radius 2 is 2.21 bits per heavy atom. The van der Waals surface area contributed by atoms with Gasteiger partial charge in [-0.2, -0.15) is 0 Å². The maximum Gasteiger partial charge on any atom is 0.281 e. The minimum Gasteiger partial charge on any atom is -0.274 e. The lowest BCUT2D eigenvalue weighted by Crippen LogP contribution is -2.02. The maximum absolute atomic E-state index is 12.4. The van der Waals surface area contributed by atoms with Crippen molar-refractivity contribution in [3.05, 3.63) is 25.5 Å². The van der Waals surface area contributed by atoms with Gasteiger partial charge in [0.2, 0.25) is 0 Å². The maximum atomic E-state index is 12.4. The fourth-order valence-corrected chi connectivity index (χ4v) is 1.81. The molecule has 0 radical (unpaired) electrons. The van der Waals surface area contributed by atoms with E-state index in [1.165, 1.54) is 6.07 Å². The second-order valence-corrected chi connectivity index (χ2v) is 4.56. The molecule has 0 bridgehead atoms. The number of nitrogens with zero attached hydrogens (tertiary/aromatic N) is 1. The monoisotopic (exact) mass is 395 g/mol. The molecule has 1 rings (SSSR count). The van der Waals surface area contributed by atoms with Crippen LogP contribution in [0.3, 0.4) is 0 Å². The minimum absolute atomic E-state index is 0.172. The predicted molar refractivity (Wildman–Crippen MR) is 59.8 cm³/mol. The summed E-state index contributed by atoms with van der Waals surface area (Å²) in [6.07, 6.45) is -2.74. The summed E-state index contributed by atoms with van der Waals surface area (Å²) in [5.41, 5.74) is -0.643. The highest BCUT2D eigenvalue weighted by atomic mass is 127. The Kier molecular flexibility index (Phi) is 4.20. The van der Waals surface area contributed by atoms with E-state index in [9.17, 15) is 13.6 Å². The van der Waals surface area contributed by atoms with Crippen LogP contribution in [0, 0.1) is 3.57 Å². The average molecular weight is 396 g/mol. The van der Waals surface area contributed by atoms with Crippen molar-refractivity contribution < 1.29 is 13.6 Å². The van der Waals surface area contributed by atoms with E-state index in [2.05, 4.69) is 20.9 Å². The van der Waals surface area contributed by atoms with Crippen LogP contribution in [0.5, 0.6) is 0 Å². The Hall–Kier alpha value is 0.180. The molecule has 0 aliphatic rings. The number of hydrogen-bond donors (Lipinski definition) is 0. The summed E-state index contributed by atoms with van der Waals surface area (Å²) in [6.45, 7) is 0. The summed E-state index contributed by atoms with van der Waals surface area (Å²) in [7, 11) is 0. The number of hydrogen-bond acceptors (Lipinski definition) is 2. The molecule has 0 aliphatic carbocycles. The highest BCUT2D eigenvalue weighted by Crippen LogP contribution is 2.30. The van der Waals surface area contributed by atoms with Crippen molar-refractivity contribution in [2.45, 2.75) is 6.43 Å². The van der Waals surface area contributed by atoms with Crippen LogP contribution in [0.1, 0.15) is 22.6 Å². The second-order valence-electron chi connectivity index (χ2n) is 2.26. The number of pyridine rings is 1. The molecular weight excluding hydrogens is 394 g/mol. The molecule has 0 aromatic carbocycles. The third kappa shape index (κ3) is 2.60. The molecule has 0 aliphatic heterocycles. The van der Waals surface area contributed by atoms with Gasteiger partial charge in [-0.25, -0.2) is 13.8 Å². The van der Waals surface area contributed by atoms with E-state index in [-0.39, 0.29) is 10.2 Å². The first-order valence-electron chi connectivity index (χ1n) is 3.27. The van der Waals surface area contributed by atoms with Crippen LogP contribution in [0.25, 0.3) is 0 Å². The summed E-state index contributed by atoms with van der Waals surface area (Å²) < 4.78 is 25.5. The summed E-state index contributed by atoms with van der Waals surface area (Å²) in [5, 5.41) is -0.850. The third-order valence-corrected chi connectivity index (χ3v) is 3.97. The van der Waals surface area contributed by atoms with Gasteiger partial charge in [-0.1, -0.05) is 0 Å². The molecule has 1 heterocycles. The van der Waals surface area contributed by atoms with Gasteiger partial charge in [0.05, 0.1) is 4.47 Å². The molecule has 0 saturated heterocycles. The quantitative estimate of drug-likeness (QED) is 0.563. The third-order valence-electron chi connectivity index (χ3n) is 1.35. The fourth-order valence-electron chi connectivity index (χ4n) is 0.762. The van der Waals surface area contributed by atoms with Crippen LogP contribution in [0.2, 0.25) is 0 Å². The number of carbonyl (C=O) groups excluding carboxylic acids is 1. The van der Waals surface area contributed by atoms with Crippen LogP contribution in [-0.4, -0.2) is 10.2 Å². The Balaban J connectivity index is 3.35. The van der Waals surface area contributed by atoms with E-state index in [1.807, 2.05) is 22.6 Å². The van der Waals surface area contributed by atoms with Crippen LogP contribution in [0.4, 0.5) is 8.78 Å². The van der Waals surface area contributed by atoms with Crippen molar-refractivity contribution in [3.8, 4) is 0 Å². The van der Waals surface area contributed by atoms with E-state index in [0.29, 0.717) is 3.57 Å². The van der Waals surface area contributed by atoms with E-state index < -0.39 is 17.4 Å². The van der Waals surface area contributed by atoms with Gasteiger partial charge in [-0.3, -0.25) is 4.79 Å². The molecule has 76 valence electrons. The SMILES string of the molecule is O=C(Cl)c1cc(I)c(Br)c(C(F)F)n1. The number of halogens is 5. The van der Waals surface area contributed by atoms with Crippen molar-refractivity contribution in [2.24, 2.45) is 0 Å². The van der Waals surface area contributed by atoms with E-state index in [1.54, 1.807) is 0 Å². The predicted octanol–water partition coefficient (Wildman–Crippen LogP) is 3.77. The van der Waals surface area contributed by atoms with Gasteiger partial charge >= 0.3 is 0 Å². The molecule has 0 unspecified atom stereocenters. The molecule has 14 heavy (non-hydrogen) atoms. The van der Waals surface area contributed by atoms with Gasteiger partial charge in [0, 0.05) is 3.57 Å². The van der Waals surface area contributed by atoms with E-state index in [4.69, 9.17) is 11.6 Å². The zero-order valence-corrected chi connectivity index (χ0v) is 10.9. The molecule has 0 saturated carbocycles. The molecule has 0 N–H and O–H groups in total. The first-order valence-corrected chi connectivity index (χ1v) is 5.52. The fraction of sp³-hybridized carbons (Fsp3) is 0.143. The topological polar surface area (TPSA) is 30.0 Å². The van der Waals surface area contributed by atoms with Crippen molar-refractivity contribution in [2.75, 3.05) is 0 Å². The van der Waals surface area contributed by atoms with Crippen LogP contribution in [0.15, 0.2) is 10.5 Å². The molecule has 7 heteroatoms. The van der Waals surface area contributed by atoms with E-state index >= 15 is 0 Å². The summed E-state index contributed by atoms with van der Waals surface area (Å²) in [5.74, 6) is 0. The van der Waals surface area contributed by atoms with Gasteiger partial charge in [0.25, 0.3) is 11.7 Å². The average Bonchev–Trinajstić information content (AvgIpc) is 2.08. The molecule has 0 fully saturated rings. The second kappa shape index (κ2) is 4.80. The van der Waals surface area contributed by atoms with Gasteiger partial charge in [0.15, 0.2) is 0 Å². The van der Waals surface area contributed by atoms with Gasteiger partial charge in [0.1, 0.15) is 11.4 Å². The Morgan fingerprint density at radius 1 is 1.64 bits per heavy atom. The van der Waals surface area contributed by atoms with Gasteiger partial charge < -0.3 is 0 Å². The minimum atomic E-state index is -2.74. The molecule has 0 atom stereocenters. The van der Waals surface area contributed by atoms with E-state index in [0.717, 1.165) is 0 Å². The zero-order valence-electron chi connectivity index (χ0n) is 6.40. The number of rotatable bonds is 2. The van der Waals surface area contributed by atoms with Gasteiger partial charge in [-0.05, 0) is 56.2 Å². The lowest BCUT2D eigenvalue weighted by atomic mass is 10.3. The number of alkyl halides is 2. The first kappa shape index (κ1) is 12.3. The molecule has 1 aromatic heterocycles. The molecular formula is C7H2BrClF2INO. The number of aromatic nitrogens is 1. The lowest BCUT2D eigenvalue weighted by molar-refractivity contribution is 0.107. The van der Waals surface area contributed by atoms with Gasteiger partial charge in [-0.15, -0.1) is 0 Å². The molecule has 0 spiro atoms. The zero-order chi connectivity index (χ0) is 10.9. The molecule has 2 nitrogen and oxygen atoms in total. The summed E-state index contributed by atoms with van der Waals surface area (Å²) >= 11 is 9.91. The molecule has 0 amide bonds. The molecule has 1 aromatic rings. The Labute approximate surface area is 105 Å². The largest absolute Gasteiger partial charge is 0.281 e. The van der Waals surface area contributed by atoms with Crippen LogP contribution in [-0.2, 0) is 0 Å². The van der Waals surface area contributed by atoms with Crippen molar-refractivity contribution in [1.29, 1.82) is 0 Å². The van der Waals surface area contributed by atoms with Crippen molar-refractivity contribution >= 4 is 55.4 Å². The highest BCUT2D eigenvalue weighted by molar-refractivity contribution is 14.1. The van der Waals surface area contributed by atoms with Crippen LogP contribution >= 0.6 is 50.1 Å². The smallest absolute Gasteiger partial charge is 0.274 e. The summed E-state index contributed by atoms with van der Waals surface area (Å²) in [4.78, 5) is 14.2. The summed E-state index contributed by atoms with van der Waals surface area (Å²) in [6, 6.07) is 1.34. The lowest BCUT2D eigenvalue weighted by Gasteiger charge is -2.05. The van der Waals surface area contributed by atoms with Crippen LogP contribution < -0.4 is 0 Å². The van der Waals surface area contributed by atoms with Crippen molar-refractivity contribution in [1.82, 2.24) is 4.98 Å². The standard InChI is InChI=1S/C7H2BrClF2INO/c8-4-2(12)1-3(6(9)14)13-5(4)7(10)11/h1,7H. The first-order chi connectivity index (χ1) is 6.43. The Bertz CT molecular complexity index is 388.